The highest BCUT2D eigenvalue weighted by Gasteiger charge is 2.11. The van der Waals surface area contributed by atoms with Crippen molar-refractivity contribution < 1.29 is 4.74 Å². The molecule has 1 N–H and O–H groups in total. The quantitative estimate of drug-likeness (QED) is 0.791. The molecule has 0 aliphatic heterocycles. The second-order valence-corrected chi connectivity index (χ2v) is 6.26. The lowest BCUT2D eigenvalue weighted by Gasteiger charge is -2.15. The minimum Gasteiger partial charge on any atom is -0.490 e. The molecule has 0 aliphatic carbocycles. The first kappa shape index (κ1) is 16.9. The zero-order valence-corrected chi connectivity index (χ0v) is 13.7. The van der Waals surface area contributed by atoms with Crippen molar-refractivity contribution in [1.82, 2.24) is 15.3 Å². The first-order valence-electron chi connectivity index (χ1n) is 7.62. The van der Waals surface area contributed by atoms with Gasteiger partial charge in [0, 0.05) is 18.5 Å². The lowest BCUT2D eigenvalue weighted by atomic mass is 10.1. The van der Waals surface area contributed by atoms with E-state index in [0.717, 1.165) is 36.8 Å². The zero-order valence-electron chi connectivity index (χ0n) is 13.7. The van der Waals surface area contributed by atoms with E-state index in [1.807, 2.05) is 6.20 Å². The van der Waals surface area contributed by atoms with Gasteiger partial charge in [0.2, 0.25) is 0 Å². The second kappa shape index (κ2) is 8.20. The van der Waals surface area contributed by atoms with Crippen LogP contribution in [0.2, 0.25) is 0 Å². The molecule has 0 unspecified atom stereocenters. The molecule has 0 aromatic carbocycles. The van der Waals surface area contributed by atoms with Crippen LogP contribution in [0, 0.1) is 5.92 Å². The smallest absolute Gasteiger partial charge is 0.160 e. The minimum atomic E-state index is 0.331. The van der Waals surface area contributed by atoms with E-state index in [4.69, 9.17) is 4.74 Å². The molecule has 4 heteroatoms. The summed E-state index contributed by atoms with van der Waals surface area (Å²) in [5.41, 5.74) is 0.959. The molecule has 0 amide bonds. The van der Waals surface area contributed by atoms with Crippen molar-refractivity contribution in [3.8, 4) is 5.75 Å². The monoisotopic (exact) mass is 279 g/mol. The van der Waals surface area contributed by atoms with E-state index in [1.54, 1.807) is 0 Å². The van der Waals surface area contributed by atoms with E-state index in [0.29, 0.717) is 17.9 Å². The Morgan fingerprint density at radius 3 is 2.40 bits per heavy atom. The number of nitrogens with one attached hydrogen (secondary N) is 1. The van der Waals surface area contributed by atoms with Crippen LogP contribution in [-0.2, 0) is 6.54 Å². The van der Waals surface area contributed by atoms with E-state index in [1.165, 1.54) is 0 Å². The Morgan fingerprint density at radius 1 is 1.15 bits per heavy atom. The van der Waals surface area contributed by atoms with Gasteiger partial charge in [-0.05, 0) is 12.3 Å². The molecule has 4 nitrogen and oxygen atoms in total. The molecular weight excluding hydrogens is 250 g/mol. The van der Waals surface area contributed by atoms with Crippen molar-refractivity contribution >= 4 is 0 Å². The second-order valence-electron chi connectivity index (χ2n) is 6.26. The Balaban J connectivity index is 2.79. The maximum atomic E-state index is 5.85. The molecule has 0 radical (unpaired) electrons. The Bertz CT molecular complexity index is 403. The standard InChI is InChI=1S/C16H29N3O/c1-11(2)7-8-20-15-10-18-16(12(3)4)19-14(15)9-17-13(5)6/h10-13,17H,7-9H2,1-6H3. The lowest BCUT2D eigenvalue weighted by molar-refractivity contribution is 0.282. The summed E-state index contributed by atoms with van der Waals surface area (Å²) in [7, 11) is 0. The third-order valence-corrected chi connectivity index (χ3v) is 2.99. The molecule has 1 aromatic rings. The number of ether oxygens (including phenoxy) is 1. The molecule has 1 rings (SSSR count). The number of hydrogen-bond donors (Lipinski definition) is 1. The minimum absolute atomic E-state index is 0.331. The topological polar surface area (TPSA) is 47.0 Å². The Kier molecular flexibility index (Phi) is 6.93. The van der Waals surface area contributed by atoms with Gasteiger partial charge in [0.15, 0.2) is 5.75 Å². The number of nitrogens with zero attached hydrogens (tertiary/aromatic N) is 2. The van der Waals surface area contributed by atoms with E-state index in [-0.39, 0.29) is 0 Å². The molecule has 20 heavy (non-hydrogen) atoms. The van der Waals surface area contributed by atoms with Crippen molar-refractivity contribution in [2.45, 2.75) is 66.5 Å². The van der Waals surface area contributed by atoms with Crippen molar-refractivity contribution in [2.75, 3.05) is 6.61 Å². The van der Waals surface area contributed by atoms with Crippen LogP contribution in [0.4, 0.5) is 0 Å². The average Bonchev–Trinajstić information content (AvgIpc) is 2.36. The van der Waals surface area contributed by atoms with Gasteiger partial charge in [-0.3, -0.25) is 0 Å². The fraction of sp³-hybridized carbons (Fsp3) is 0.750. The highest BCUT2D eigenvalue weighted by molar-refractivity contribution is 5.25. The van der Waals surface area contributed by atoms with Gasteiger partial charge in [-0.15, -0.1) is 0 Å². The zero-order chi connectivity index (χ0) is 15.1. The van der Waals surface area contributed by atoms with Crippen molar-refractivity contribution in [2.24, 2.45) is 5.92 Å². The highest BCUT2D eigenvalue weighted by Crippen LogP contribution is 2.19. The first-order chi connectivity index (χ1) is 9.40. The largest absolute Gasteiger partial charge is 0.490 e. The molecule has 0 saturated carbocycles. The molecule has 0 aliphatic rings. The summed E-state index contributed by atoms with van der Waals surface area (Å²) >= 11 is 0. The van der Waals surface area contributed by atoms with Crippen LogP contribution >= 0.6 is 0 Å². The number of aromatic nitrogens is 2. The summed E-state index contributed by atoms with van der Waals surface area (Å²) in [6, 6.07) is 0.427. The summed E-state index contributed by atoms with van der Waals surface area (Å²) < 4.78 is 5.85. The maximum Gasteiger partial charge on any atom is 0.160 e. The molecule has 1 heterocycles. The fourth-order valence-corrected chi connectivity index (χ4v) is 1.65. The molecule has 0 saturated heterocycles. The van der Waals surface area contributed by atoms with Gasteiger partial charge in [0.1, 0.15) is 5.82 Å². The van der Waals surface area contributed by atoms with Crippen LogP contribution in [-0.4, -0.2) is 22.6 Å². The third-order valence-electron chi connectivity index (χ3n) is 2.99. The van der Waals surface area contributed by atoms with Gasteiger partial charge in [-0.2, -0.15) is 0 Å². The predicted octanol–water partition coefficient (Wildman–Crippen LogP) is 3.52. The fourth-order valence-electron chi connectivity index (χ4n) is 1.65. The summed E-state index contributed by atoms with van der Waals surface area (Å²) in [4.78, 5) is 9.04. The normalized spacial score (nSPS) is 11.7. The van der Waals surface area contributed by atoms with Gasteiger partial charge < -0.3 is 10.1 Å². The summed E-state index contributed by atoms with van der Waals surface area (Å²) in [6.45, 7) is 14.3. The number of rotatable bonds is 8. The third kappa shape index (κ3) is 5.87. The van der Waals surface area contributed by atoms with Gasteiger partial charge in [-0.1, -0.05) is 41.5 Å². The molecule has 0 atom stereocenters. The molecule has 0 bridgehead atoms. The van der Waals surface area contributed by atoms with Gasteiger partial charge >= 0.3 is 0 Å². The van der Waals surface area contributed by atoms with E-state index >= 15 is 0 Å². The molecule has 1 aromatic heterocycles. The lowest BCUT2D eigenvalue weighted by Crippen LogP contribution is -2.23. The number of hydrogen-bond acceptors (Lipinski definition) is 4. The van der Waals surface area contributed by atoms with Gasteiger partial charge in [-0.25, -0.2) is 9.97 Å². The Hall–Kier alpha value is -1.16. The molecule has 114 valence electrons. The summed E-state index contributed by atoms with van der Waals surface area (Å²) in [5.74, 6) is 2.66. The maximum absolute atomic E-state index is 5.85. The van der Waals surface area contributed by atoms with Crippen LogP contribution in [0.25, 0.3) is 0 Å². The van der Waals surface area contributed by atoms with Crippen LogP contribution in [0.3, 0.4) is 0 Å². The Labute approximate surface area is 123 Å². The highest BCUT2D eigenvalue weighted by atomic mass is 16.5. The van der Waals surface area contributed by atoms with E-state index < -0.39 is 0 Å². The van der Waals surface area contributed by atoms with Crippen LogP contribution in [0.15, 0.2) is 6.20 Å². The van der Waals surface area contributed by atoms with Gasteiger partial charge in [0.05, 0.1) is 18.5 Å². The van der Waals surface area contributed by atoms with E-state index in [9.17, 15) is 0 Å². The van der Waals surface area contributed by atoms with Crippen molar-refractivity contribution in [3.63, 3.8) is 0 Å². The predicted molar refractivity (Wildman–Crippen MR) is 83.0 cm³/mol. The van der Waals surface area contributed by atoms with Gasteiger partial charge in [0.25, 0.3) is 0 Å². The van der Waals surface area contributed by atoms with Crippen molar-refractivity contribution in [3.05, 3.63) is 17.7 Å². The Morgan fingerprint density at radius 2 is 1.85 bits per heavy atom. The van der Waals surface area contributed by atoms with E-state index in [2.05, 4.69) is 56.8 Å². The van der Waals surface area contributed by atoms with Crippen molar-refractivity contribution in [1.29, 1.82) is 0 Å². The summed E-state index contributed by atoms with van der Waals surface area (Å²) in [5, 5.41) is 3.40. The van der Waals surface area contributed by atoms with Crippen LogP contribution in [0.1, 0.15) is 65.4 Å². The molecular formula is C16H29N3O. The summed E-state index contributed by atoms with van der Waals surface area (Å²) in [6.07, 6.45) is 2.86. The molecule has 0 spiro atoms. The van der Waals surface area contributed by atoms with Crippen LogP contribution in [0.5, 0.6) is 5.75 Å². The van der Waals surface area contributed by atoms with Crippen LogP contribution < -0.4 is 10.1 Å². The average molecular weight is 279 g/mol. The molecule has 0 fully saturated rings. The first-order valence-corrected chi connectivity index (χ1v) is 7.62. The SMILES string of the molecule is CC(C)CCOc1cnc(C(C)C)nc1CNC(C)C.